The van der Waals surface area contributed by atoms with Crippen LogP contribution in [0, 0.1) is 0 Å². The van der Waals surface area contributed by atoms with E-state index in [1.165, 1.54) is 0 Å². The zero-order valence-electron chi connectivity index (χ0n) is 19.3. The lowest BCUT2D eigenvalue weighted by Gasteiger charge is -2.12. The van der Waals surface area contributed by atoms with E-state index in [-0.39, 0.29) is 6.61 Å². The molecule has 35 heavy (non-hydrogen) atoms. The summed E-state index contributed by atoms with van der Waals surface area (Å²) in [5.74, 6) is 2.14. The minimum atomic E-state index is -0.0775. The molecule has 2 heterocycles. The summed E-state index contributed by atoms with van der Waals surface area (Å²) in [6.45, 7) is 0.303. The van der Waals surface area contributed by atoms with Gasteiger partial charge < -0.3 is 20.9 Å². The van der Waals surface area contributed by atoms with Gasteiger partial charge in [-0.3, -0.25) is 4.98 Å². The van der Waals surface area contributed by atoms with E-state index in [0.29, 0.717) is 23.7 Å². The van der Waals surface area contributed by atoms with Crippen molar-refractivity contribution in [2.45, 2.75) is 13.2 Å². The molecule has 0 radical (unpaired) electrons. The third-order valence-corrected chi connectivity index (χ3v) is 5.81. The summed E-state index contributed by atoms with van der Waals surface area (Å²) in [4.78, 5) is 13.6. The highest BCUT2D eigenvalue weighted by molar-refractivity contribution is 5.94. The quantitative estimate of drug-likeness (QED) is 0.290. The Hall–Kier alpha value is -4.49. The van der Waals surface area contributed by atoms with Crippen molar-refractivity contribution in [1.29, 1.82) is 0 Å². The first-order chi connectivity index (χ1) is 17.1. The number of fused-ring (bicyclic) bond motifs is 1. The van der Waals surface area contributed by atoms with E-state index >= 15 is 0 Å². The average molecular weight is 464 g/mol. The molecule has 2 aromatic heterocycles. The number of ether oxygens (including phenoxy) is 1. The van der Waals surface area contributed by atoms with Crippen molar-refractivity contribution in [3.63, 3.8) is 0 Å². The Labute approximate surface area is 203 Å². The number of anilines is 2. The molecule has 0 bridgehead atoms. The van der Waals surface area contributed by atoms with Gasteiger partial charge in [-0.1, -0.05) is 30.3 Å². The van der Waals surface area contributed by atoms with Gasteiger partial charge in [0.1, 0.15) is 18.2 Å². The first-order valence-electron chi connectivity index (χ1n) is 11.3. The molecule has 4 N–H and O–H groups in total. The molecule has 0 amide bonds. The highest BCUT2D eigenvalue weighted by atomic mass is 16.5. The summed E-state index contributed by atoms with van der Waals surface area (Å²) in [6, 6.07) is 23.5. The molecule has 0 spiro atoms. The van der Waals surface area contributed by atoms with Crippen molar-refractivity contribution in [3.05, 3.63) is 96.3 Å². The predicted molar refractivity (Wildman–Crippen MR) is 139 cm³/mol. The molecular formula is C28H25N5O2. The zero-order valence-corrected chi connectivity index (χ0v) is 19.3. The largest absolute Gasteiger partial charge is 0.489 e. The van der Waals surface area contributed by atoms with E-state index in [9.17, 15) is 5.11 Å². The van der Waals surface area contributed by atoms with Gasteiger partial charge in [0.2, 0.25) is 0 Å². The van der Waals surface area contributed by atoms with Crippen molar-refractivity contribution in [2.24, 2.45) is 0 Å². The smallest absolute Gasteiger partial charge is 0.163 e. The number of aromatic nitrogens is 3. The number of nitrogens with two attached hydrogens (primary N) is 1. The van der Waals surface area contributed by atoms with E-state index < -0.39 is 0 Å². The highest BCUT2D eigenvalue weighted by Gasteiger charge is 2.11. The zero-order chi connectivity index (χ0) is 24.2. The van der Waals surface area contributed by atoms with Gasteiger partial charge >= 0.3 is 0 Å². The van der Waals surface area contributed by atoms with Crippen molar-refractivity contribution < 1.29 is 9.84 Å². The van der Waals surface area contributed by atoms with E-state index in [1.807, 2.05) is 67.7 Å². The lowest BCUT2D eigenvalue weighted by Crippen LogP contribution is -2.00. The number of aliphatic hydroxyl groups is 1. The second-order valence-corrected chi connectivity index (χ2v) is 8.13. The van der Waals surface area contributed by atoms with Gasteiger partial charge in [-0.25, -0.2) is 9.97 Å². The molecule has 0 atom stereocenters. The molecular weight excluding hydrogens is 438 g/mol. The van der Waals surface area contributed by atoms with Gasteiger partial charge in [0.05, 0.1) is 12.1 Å². The molecule has 174 valence electrons. The summed E-state index contributed by atoms with van der Waals surface area (Å²) in [5.41, 5.74) is 12.0. The van der Waals surface area contributed by atoms with Gasteiger partial charge in [-0.05, 0) is 59.2 Å². The maximum absolute atomic E-state index is 9.30. The van der Waals surface area contributed by atoms with Crippen LogP contribution in [0.1, 0.15) is 11.1 Å². The summed E-state index contributed by atoms with van der Waals surface area (Å²) in [5, 5.41) is 13.4. The van der Waals surface area contributed by atoms with Crippen LogP contribution in [-0.2, 0) is 13.2 Å². The van der Waals surface area contributed by atoms with Crippen LogP contribution in [0.5, 0.6) is 5.75 Å². The predicted octanol–water partition coefficient (Wildman–Crippen LogP) is 5.05. The lowest BCUT2D eigenvalue weighted by molar-refractivity contribution is 0.282. The second-order valence-electron chi connectivity index (χ2n) is 8.13. The van der Waals surface area contributed by atoms with Crippen LogP contribution >= 0.6 is 0 Å². The first kappa shape index (κ1) is 22.3. The third kappa shape index (κ3) is 4.76. The fourth-order valence-corrected chi connectivity index (χ4v) is 3.93. The fourth-order valence-electron chi connectivity index (χ4n) is 3.93. The molecule has 0 saturated heterocycles. The molecule has 0 aliphatic rings. The highest BCUT2D eigenvalue weighted by Crippen LogP contribution is 2.31. The Morgan fingerprint density at radius 3 is 2.54 bits per heavy atom. The Morgan fingerprint density at radius 2 is 1.77 bits per heavy atom. The standard InChI is InChI=1S/C28H25N5O2/c1-30-28-24-14-20(9-10-26(24)32-27(33-28)21-5-3-11-31-15-21)19-4-2-6-23(13-19)35-17-18-7-8-22(16-34)25(29)12-18/h2-15,34H,16-17,29H2,1H3,(H,30,32,33). The fraction of sp³-hybridized carbons (Fsp3) is 0.107. The summed E-state index contributed by atoms with van der Waals surface area (Å²) in [7, 11) is 1.86. The van der Waals surface area contributed by atoms with E-state index in [4.69, 9.17) is 20.4 Å². The van der Waals surface area contributed by atoms with Crippen LogP contribution in [0.4, 0.5) is 11.5 Å². The van der Waals surface area contributed by atoms with E-state index in [2.05, 4.69) is 22.4 Å². The number of aliphatic hydroxyl groups excluding tert-OH is 1. The maximum atomic E-state index is 9.30. The summed E-state index contributed by atoms with van der Waals surface area (Å²) >= 11 is 0. The normalized spacial score (nSPS) is 10.9. The molecule has 5 aromatic rings. The van der Waals surface area contributed by atoms with Gasteiger partial charge in [-0.15, -0.1) is 0 Å². The molecule has 5 rings (SSSR count). The van der Waals surface area contributed by atoms with Gasteiger partial charge in [0.25, 0.3) is 0 Å². The van der Waals surface area contributed by atoms with Crippen LogP contribution in [0.25, 0.3) is 33.4 Å². The van der Waals surface area contributed by atoms with E-state index in [1.54, 1.807) is 12.4 Å². The third-order valence-electron chi connectivity index (χ3n) is 5.81. The minimum Gasteiger partial charge on any atom is -0.489 e. The van der Waals surface area contributed by atoms with Crippen LogP contribution in [0.15, 0.2) is 85.2 Å². The summed E-state index contributed by atoms with van der Waals surface area (Å²) in [6.07, 6.45) is 3.49. The molecule has 7 heteroatoms. The van der Waals surface area contributed by atoms with Crippen molar-refractivity contribution in [2.75, 3.05) is 18.1 Å². The topological polar surface area (TPSA) is 106 Å². The number of nitrogens with zero attached hydrogens (tertiary/aromatic N) is 3. The second kappa shape index (κ2) is 9.79. The molecule has 0 unspecified atom stereocenters. The molecule has 0 aliphatic heterocycles. The molecule has 0 fully saturated rings. The summed E-state index contributed by atoms with van der Waals surface area (Å²) < 4.78 is 6.02. The number of benzene rings is 3. The number of hydrogen-bond donors (Lipinski definition) is 3. The molecule has 3 aromatic carbocycles. The monoisotopic (exact) mass is 463 g/mol. The SMILES string of the molecule is CNc1nc(-c2cccnc2)nc2ccc(-c3cccc(OCc4ccc(CO)c(N)c4)c3)cc12. The minimum absolute atomic E-state index is 0.0775. The maximum Gasteiger partial charge on any atom is 0.163 e. The molecule has 7 nitrogen and oxygen atoms in total. The number of nitrogens with one attached hydrogen (secondary N) is 1. The first-order valence-corrected chi connectivity index (χ1v) is 11.3. The van der Waals surface area contributed by atoms with Gasteiger partial charge in [0, 0.05) is 41.6 Å². The molecule has 0 saturated carbocycles. The Kier molecular flexibility index (Phi) is 6.24. The van der Waals surface area contributed by atoms with Crippen LogP contribution in [0.2, 0.25) is 0 Å². The Bertz CT molecular complexity index is 1490. The number of pyridine rings is 1. The van der Waals surface area contributed by atoms with E-state index in [0.717, 1.165) is 44.7 Å². The lowest BCUT2D eigenvalue weighted by atomic mass is 10.0. The van der Waals surface area contributed by atoms with Crippen molar-refractivity contribution in [1.82, 2.24) is 15.0 Å². The van der Waals surface area contributed by atoms with Crippen LogP contribution < -0.4 is 15.8 Å². The number of hydrogen-bond acceptors (Lipinski definition) is 7. The van der Waals surface area contributed by atoms with Crippen molar-refractivity contribution in [3.8, 4) is 28.3 Å². The Morgan fingerprint density at radius 1 is 0.914 bits per heavy atom. The number of rotatable bonds is 7. The average Bonchev–Trinajstić information content (AvgIpc) is 2.91. The van der Waals surface area contributed by atoms with Crippen LogP contribution in [0.3, 0.4) is 0 Å². The van der Waals surface area contributed by atoms with Crippen LogP contribution in [-0.4, -0.2) is 27.1 Å². The van der Waals surface area contributed by atoms with Crippen molar-refractivity contribution >= 4 is 22.4 Å². The molecule has 0 aliphatic carbocycles. The Balaban J connectivity index is 1.42. The number of nitrogen functional groups attached to an aromatic ring is 1. The van der Waals surface area contributed by atoms with Gasteiger partial charge in [0.15, 0.2) is 5.82 Å². The van der Waals surface area contributed by atoms with Gasteiger partial charge in [-0.2, -0.15) is 0 Å².